The first-order valence-electron chi connectivity index (χ1n) is 11.4. The maximum atomic E-state index is 13.0. The van der Waals surface area contributed by atoms with E-state index >= 15 is 0 Å². The summed E-state index contributed by atoms with van der Waals surface area (Å²) in [4.78, 5) is 34.3. The van der Waals surface area contributed by atoms with Crippen LogP contribution in [0.5, 0.6) is 0 Å². The van der Waals surface area contributed by atoms with E-state index in [1.807, 2.05) is 34.5 Å². The summed E-state index contributed by atoms with van der Waals surface area (Å²) in [5, 5.41) is 5.79. The summed E-state index contributed by atoms with van der Waals surface area (Å²) < 4.78 is 0. The van der Waals surface area contributed by atoms with E-state index in [1.165, 1.54) is 29.7 Å². The number of nitrogens with one attached hydrogen (secondary N) is 1. The van der Waals surface area contributed by atoms with Crippen LogP contribution in [0.3, 0.4) is 0 Å². The predicted octanol–water partition coefficient (Wildman–Crippen LogP) is 4.70. The molecule has 166 valence electrons. The molecule has 2 fully saturated rings. The molecule has 2 amide bonds. The summed E-state index contributed by atoms with van der Waals surface area (Å²) in [6.45, 7) is 7.19. The Balaban J connectivity index is 1.30. The van der Waals surface area contributed by atoms with Crippen molar-refractivity contribution >= 4 is 34.0 Å². The van der Waals surface area contributed by atoms with Crippen LogP contribution >= 0.6 is 11.3 Å². The van der Waals surface area contributed by atoms with Crippen molar-refractivity contribution in [2.24, 2.45) is 11.8 Å². The maximum absolute atomic E-state index is 13.0. The zero-order chi connectivity index (χ0) is 21.8. The smallest absolute Gasteiger partial charge is 0.273 e. The zero-order valence-electron chi connectivity index (χ0n) is 18.5. The Hall–Kier alpha value is -2.41. The third-order valence-electron chi connectivity index (χ3n) is 6.14. The average molecular weight is 441 g/mol. The van der Waals surface area contributed by atoms with Gasteiger partial charge in [0, 0.05) is 43.2 Å². The molecule has 1 aliphatic carbocycles. The monoisotopic (exact) mass is 440 g/mol. The van der Waals surface area contributed by atoms with Crippen LogP contribution < -0.4 is 5.32 Å². The summed E-state index contributed by atoms with van der Waals surface area (Å²) in [6, 6.07) is 8.09. The molecule has 1 aromatic carbocycles. The van der Waals surface area contributed by atoms with Crippen molar-refractivity contribution in [3.63, 3.8) is 0 Å². The van der Waals surface area contributed by atoms with Crippen molar-refractivity contribution in [1.29, 1.82) is 0 Å². The molecule has 2 aliphatic rings. The molecular weight excluding hydrogens is 408 g/mol. The number of hydrogen-bond donors (Lipinski definition) is 1. The molecule has 0 radical (unpaired) electrons. The van der Waals surface area contributed by atoms with E-state index in [-0.39, 0.29) is 11.8 Å². The highest BCUT2D eigenvalue weighted by atomic mass is 32.1. The van der Waals surface area contributed by atoms with Gasteiger partial charge in [0.1, 0.15) is 5.69 Å². The Morgan fingerprint density at radius 3 is 2.52 bits per heavy atom. The molecule has 6 nitrogen and oxygen atoms in total. The molecule has 31 heavy (non-hydrogen) atoms. The number of carbonyl (C=O) groups excluding carboxylic acids is 2. The fourth-order valence-electron chi connectivity index (χ4n) is 4.11. The van der Waals surface area contributed by atoms with E-state index in [9.17, 15) is 9.59 Å². The van der Waals surface area contributed by atoms with Crippen molar-refractivity contribution < 1.29 is 9.59 Å². The average Bonchev–Trinajstić information content (AvgIpc) is 3.49. The van der Waals surface area contributed by atoms with Crippen molar-refractivity contribution in [3.05, 3.63) is 40.9 Å². The van der Waals surface area contributed by atoms with Crippen LogP contribution in [0, 0.1) is 18.8 Å². The Labute approximate surface area is 188 Å². The maximum Gasteiger partial charge on any atom is 0.273 e. The zero-order valence-corrected chi connectivity index (χ0v) is 19.3. The number of benzene rings is 1. The van der Waals surface area contributed by atoms with Gasteiger partial charge in [0.05, 0.1) is 0 Å². The van der Waals surface area contributed by atoms with Gasteiger partial charge in [-0.2, -0.15) is 0 Å². The van der Waals surface area contributed by atoms with E-state index in [0.717, 1.165) is 38.0 Å². The number of rotatable bonds is 8. The molecule has 0 unspecified atom stereocenters. The number of nitrogens with zero attached hydrogens (tertiary/aromatic N) is 3. The van der Waals surface area contributed by atoms with Gasteiger partial charge in [-0.05, 0) is 57.1 Å². The Kier molecular flexibility index (Phi) is 6.90. The van der Waals surface area contributed by atoms with Crippen molar-refractivity contribution in [1.82, 2.24) is 14.8 Å². The van der Waals surface area contributed by atoms with Crippen LogP contribution in [0.25, 0.3) is 0 Å². The largest absolute Gasteiger partial charge is 0.342 e. The number of piperidine rings is 1. The van der Waals surface area contributed by atoms with Crippen LogP contribution in [0.1, 0.15) is 55.1 Å². The highest BCUT2D eigenvalue weighted by Crippen LogP contribution is 2.31. The third kappa shape index (κ3) is 5.64. The Morgan fingerprint density at radius 1 is 1.16 bits per heavy atom. The van der Waals surface area contributed by atoms with Crippen LogP contribution in [-0.4, -0.2) is 52.8 Å². The second-order valence-electron chi connectivity index (χ2n) is 8.82. The van der Waals surface area contributed by atoms with Gasteiger partial charge in [0.2, 0.25) is 5.91 Å². The fraction of sp³-hybridized carbons (Fsp3) is 0.542. The lowest BCUT2D eigenvalue weighted by atomic mass is 9.94. The van der Waals surface area contributed by atoms with Gasteiger partial charge in [-0.15, -0.1) is 11.3 Å². The first kappa shape index (κ1) is 21.8. The molecule has 1 aromatic heterocycles. The van der Waals surface area contributed by atoms with E-state index < -0.39 is 0 Å². The van der Waals surface area contributed by atoms with Gasteiger partial charge >= 0.3 is 0 Å². The second kappa shape index (κ2) is 9.81. The topological polar surface area (TPSA) is 65.5 Å². The van der Waals surface area contributed by atoms with Crippen molar-refractivity contribution in [2.75, 3.05) is 31.5 Å². The highest BCUT2D eigenvalue weighted by Gasteiger charge is 2.33. The SMILES string of the molecule is CCCN(CC1CC1)C(=O)C1CCN(C(=O)c2csc(Nc3ccc(C)cc3)n2)CC1. The van der Waals surface area contributed by atoms with E-state index in [0.29, 0.717) is 35.7 Å². The molecule has 1 N–H and O–H groups in total. The number of hydrogen-bond acceptors (Lipinski definition) is 5. The molecule has 0 bridgehead atoms. The number of anilines is 2. The Morgan fingerprint density at radius 2 is 1.87 bits per heavy atom. The molecule has 1 saturated heterocycles. The lowest BCUT2D eigenvalue weighted by molar-refractivity contribution is -0.137. The standard InChI is InChI=1S/C24H32N4O2S/c1-3-12-28(15-18-6-7-18)22(29)19-10-13-27(14-11-19)23(30)21-16-31-24(26-21)25-20-8-4-17(2)5-9-20/h4-5,8-9,16,18-19H,3,6-7,10-15H2,1-2H3,(H,25,26). The Bertz CT molecular complexity index is 899. The number of aryl methyl sites for hydroxylation is 1. The van der Waals surface area contributed by atoms with Crippen molar-refractivity contribution in [3.8, 4) is 0 Å². The molecule has 2 heterocycles. The molecule has 4 rings (SSSR count). The van der Waals surface area contributed by atoms with Crippen LogP contribution in [0.4, 0.5) is 10.8 Å². The molecule has 2 aromatic rings. The normalized spacial score (nSPS) is 16.9. The number of likely N-dealkylation sites (tertiary alicyclic amines) is 1. The summed E-state index contributed by atoms with van der Waals surface area (Å²) in [6.07, 6.45) is 5.00. The van der Waals surface area contributed by atoms with Gasteiger partial charge in [0.15, 0.2) is 5.13 Å². The second-order valence-corrected chi connectivity index (χ2v) is 9.68. The summed E-state index contributed by atoms with van der Waals surface area (Å²) in [7, 11) is 0. The minimum atomic E-state index is -0.0394. The molecule has 1 saturated carbocycles. The van der Waals surface area contributed by atoms with Gasteiger partial charge in [-0.1, -0.05) is 24.6 Å². The minimum absolute atomic E-state index is 0.0394. The van der Waals surface area contributed by atoms with Gasteiger partial charge in [0.25, 0.3) is 5.91 Å². The summed E-state index contributed by atoms with van der Waals surface area (Å²) in [5.41, 5.74) is 2.64. The quantitative estimate of drug-likeness (QED) is 0.646. The van der Waals surface area contributed by atoms with E-state index in [2.05, 4.69) is 29.0 Å². The summed E-state index contributed by atoms with van der Waals surface area (Å²) in [5.74, 6) is 1.01. The lowest BCUT2D eigenvalue weighted by Crippen LogP contribution is -2.45. The fourth-order valence-corrected chi connectivity index (χ4v) is 4.82. The highest BCUT2D eigenvalue weighted by molar-refractivity contribution is 7.14. The first-order chi connectivity index (χ1) is 15.0. The third-order valence-corrected chi connectivity index (χ3v) is 6.90. The number of thiazole rings is 1. The molecular formula is C24H32N4O2S. The molecule has 0 atom stereocenters. The van der Waals surface area contributed by atoms with Gasteiger partial charge in [-0.25, -0.2) is 4.98 Å². The predicted molar refractivity (Wildman–Crippen MR) is 125 cm³/mol. The van der Waals surface area contributed by atoms with Crippen molar-refractivity contribution in [2.45, 2.75) is 46.0 Å². The first-order valence-corrected chi connectivity index (χ1v) is 12.3. The van der Waals surface area contributed by atoms with Crippen LogP contribution in [-0.2, 0) is 4.79 Å². The molecule has 7 heteroatoms. The number of amides is 2. The van der Waals surface area contributed by atoms with Crippen LogP contribution in [0.2, 0.25) is 0 Å². The number of carbonyl (C=O) groups is 2. The van der Waals surface area contributed by atoms with E-state index in [4.69, 9.17) is 0 Å². The lowest BCUT2D eigenvalue weighted by Gasteiger charge is -2.34. The summed E-state index contributed by atoms with van der Waals surface area (Å²) >= 11 is 1.44. The van der Waals surface area contributed by atoms with Gasteiger partial charge in [-0.3, -0.25) is 9.59 Å². The number of aromatic nitrogens is 1. The van der Waals surface area contributed by atoms with Crippen LogP contribution in [0.15, 0.2) is 29.6 Å². The van der Waals surface area contributed by atoms with E-state index in [1.54, 1.807) is 0 Å². The molecule has 1 aliphatic heterocycles. The molecule has 0 spiro atoms. The van der Waals surface area contributed by atoms with Gasteiger partial charge < -0.3 is 15.1 Å². The minimum Gasteiger partial charge on any atom is -0.342 e.